The molecule has 1 aliphatic rings. The van der Waals surface area contributed by atoms with Crippen LogP contribution in [0.3, 0.4) is 0 Å². The van der Waals surface area contributed by atoms with E-state index in [4.69, 9.17) is 5.73 Å². The van der Waals surface area contributed by atoms with Gasteiger partial charge in [-0.25, -0.2) is 0 Å². The van der Waals surface area contributed by atoms with E-state index >= 15 is 0 Å². The average molecular weight is 238 g/mol. The maximum atomic E-state index is 11.8. The minimum absolute atomic E-state index is 0.0109. The Labute approximate surface area is 100 Å². The Morgan fingerprint density at radius 3 is 2.62 bits per heavy atom. The lowest BCUT2D eigenvalue weighted by Gasteiger charge is -2.16. The molecule has 1 saturated carbocycles. The summed E-state index contributed by atoms with van der Waals surface area (Å²) in [5, 5.41) is 3.00. The predicted molar refractivity (Wildman–Crippen MR) is 66.5 cm³/mol. The Balaban J connectivity index is 2.05. The highest BCUT2D eigenvalue weighted by molar-refractivity contribution is 7.12. The van der Waals surface area contributed by atoms with Crippen molar-refractivity contribution >= 4 is 17.2 Å². The van der Waals surface area contributed by atoms with E-state index in [9.17, 15) is 4.79 Å². The third-order valence-electron chi connectivity index (χ3n) is 3.13. The first-order chi connectivity index (χ1) is 7.42. The summed E-state index contributed by atoms with van der Waals surface area (Å²) >= 11 is 1.77. The van der Waals surface area contributed by atoms with Gasteiger partial charge < -0.3 is 11.1 Å². The van der Waals surface area contributed by atoms with Gasteiger partial charge in [0.15, 0.2) is 0 Å². The first-order valence-corrected chi connectivity index (χ1v) is 6.41. The Kier molecular flexibility index (Phi) is 2.80. The molecule has 88 valence electrons. The van der Waals surface area contributed by atoms with Crippen molar-refractivity contribution in [3.05, 3.63) is 21.4 Å². The molecule has 0 aromatic carbocycles. The van der Waals surface area contributed by atoms with E-state index in [1.54, 1.807) is 11.3 Å². The molecule has 3 N–H and O–H groups in total. The van der Waals surface area contributed by atoms with Gasteiger partial charge in [0.1, 0.15) is 0 Å². The Morgan fingerprint density at radius 1 is 1.56 bits per heavy atom. The third kappa shape index (κ3) is 2.13. The summed E-state index contributed by atoms with van der Waals surface area (Å²) in [4.78, 5) is 14.3. The van der Waals surface area contributed by atoms with Gasteiger partial charge in [-0.2, -0.15) is 0 Å². The molecule has 1 atom stereocenters. The van der Waals surface area contributed by atoms with Crippen LogP contribution >= 0.6 is 11.3 Å². The van der Waals surface area contributed by atoms with Gasteiger partial charge in [0.2, 0.25) is 5.91 Å². The molecule has 16 heavy (non-hydrogen) atoms. The maximum absolute atomic E-state index is 11.8. The van der Waals surface area contributed by atoms with Crippen LogP contribution in [0, 0.1) is 13.8 Å². The molecule has 1 aromatic rings. The van der Waals surface area contributed by atoms with Gasteiger partial charge in [-0.05, 0) is 45.2 Å². The number of carbonyl (C=O) groups is 1. The fraction of sp³-hybridized carbons (Fsp3) is 0.583. The first-order valence-electron chi connectivity index (χ1n) is 5.59. The summed E-state index contributed by atoms with van der Waals surface area (Å²) in [6.45, 7) is 6.18. The minimum Gasteiger partial charge on any atom is -0.348 e. The molecule has 2 rings (SSSR count). The number of hydrogen-bond donors (Lipinski definition) is 2. The van der Waals surface area contributed by atoms with Gasteiger partial charge in [-0.15, -0.1) is 11.3 Å². The average Bonchev–Trinajstić information content (AvgIpc) is 2.85. The molecule has 3 nitrogen and oxygen atoms in total. The number of hydrogen-bond acceptors (Lipinski definition) is 3. The van der Waals surface area contributed by atoms with E-state index in [1.807, 2.05) is 6.92 Å². The molecule has 0 bridgehead atoms. The molecule has 1 aliphatic carbocycles. The highest BCUT2D eigenvalue weighted by Gasteiger charge is 2.46. The lowest BCUT2D eigenvalue weighted by molar-refractivity contribution is -0.123. The van der Waals surface area contributed by atoms with Crippen LogP contribution in [-0.2, 0) is 4.79 Å². The highest BCUT2D eigenvalue weighted by Crippen LogP contribution is 2.33. The van der Waals surface area contributed by atoms with Crippen molar-refractivity contribution in [1.82, 2.24) is 5.32 Å². The zero-order valence-electron chi connectivity index (χ0n) is 9.96. The second kappa shape index (κ2) is 3.86. The number of amides is 1. The summed E-state index contributed by atoms with van der Waals surface area (Å²) in [6.07, 6.45) is 1.63. The number of carbonyl (C=O) groups excluding carboxylic acids is 1. The number of thiophene rings is 1. The van der Waals surface area contributed by atoms with Crippen LogP contribution in [0.2, 0.25) is 0 Å². The molecule has 0 saturated heterocycles. The first kappa shape index (κ1) is 11.6. The molecular weight excluding hydrogens is 220 g/mol. The number of rotatable bonds is 3. The van der Waals surface area contributed by atoms with Gasteiger partial charge >= 0.3 is 0 Å². The Morgan fingerprint density at radius 2 is 2.19 bits per heavy atom. The van der Waals surface area contributed by atoms with Gasteiger partial charge in [0.25, 0.3) is 0 Å². The van der Waals surface area contributed by atoms with Crippen LogP contribution in [0.4, 0.5) is 0 Å². The Bertz CT molecular complexity index is 421. The molecule has 4 heteroatoms. The summed E-state index contributed by atoms with van der Waals surface area (Å²) in [7, 11) is 0. The van der Waals surface area contributed by atoms with Crippen LogP contribution in [0.25, 0.3) is 0 Å². The van der Waals surface area contributed by atoms with Crippen molar-refractivity contribution < 1.29 is 4.79 Å². The maximum Gasteiger partial charge on any atom is 0.240 e. The summed E-state index contributed by atoms with van der Waals surface area (Å²) < 4.78 is 0. The highest BCUT2D eigenvalue weighted by atomic mass is 32.1. The summed E-state index contributed by atoms with van der Waals surface area (Å²) in [5.74, 6) is -0.0109. The summed E-state index contributed by atoms with van der Waals surface area (Å²) in [5.41, 5.74) is 6.48. The lowest BCUT2D eigenvalue weighted by atomic mass is 10.1. The fourth-order valence-corrected chi connectivity index (χ4v) is 2.88. The number of nitrogens with one attached hydrogen (secondary N) is 1. The summed E-state index contributed by atoms with van der Waals surface area (Å²) in [6, 6.07) is 2.19. The Hall–Kier alpha value is -0.870. The van der Waals surface area contributed by atoms with E-state index in [0.29, 0.717) is 0 Å². The predicted octanol–water partition coefficient (Wildman–Crippen LogP) is 2.03. The SMILES string of the molecule is Cc1cc(C(C)NC(=O)C2(N)CC2)c(C)s1. The van der Waals surface area contributed by atoms with Crippen molar-refractivity contribution in [1.29, 1.82) is 0 Å². The molecule has 1 aromatic heterocycles. The van der Waals surface area contributed by atoms with Crippen molar-refractivity contribution in [3.8, 4) is 0 Å². The van der Waals surface area contributed by atoms with Gasteiger partial charge in [0, 0.05) is 9.75 Å². The molecule has 1 amide bonds. The number of aryl methyl sites for hydroxylation is 2. The fourth-order valence-electron chi connectivity index (χ4n) is 1.86. The topological polar surface area (TPSA) is 55.1 Å². The zero-order chi connectivity index (χ0) is 11.9. The third-order valence-corrected chi connectivity index (χ3v) is 4.12. The quantitative estimate of drug-likeness (QED) is 0.846. The molecule has 0 radical (unpaired) electrons. The van der Waals surface area contributed by atoms with Crippen molar-refractivity contribution in [3.63, 3.8) is 0 Å². The van der Waals surface area contributed by atoms with E-state index in [2.05, 4.69) is 25.2 Å². The monoisotopic (exact) mass is 238 g/mol. The molecule has 1 heterocycles. The normalized spacial score (nSPS) is 19.2. The minimum atomic E-state index is -0.576. The molecule has 0 spiro atoms. The van der Waals surface area contributed by atoms with Gasteiger partial charge in [-0.1, -0.05) is 0 Å². The molecule has 1 unspecified atom stereocenters. The van der Waals surface area contributed by atoms with Crippen LogP contribution in [-0.4, -0.2) is 11.4 Å². The van der Waals surface area contributed by atoms with Crippen LogP contribution in [0.15, 0.2) is 6.07 Å². The molecular formula is C12H18N2OS. The standard InChI is InChI=1S/C12H18N2OS/c1-7-6-10(9(3)16-7)8(2)14-11(15)12(13)4-5-12/h6,8H,4-5,13H2,1-3H3,(H,14,15). The van der Waals surface area contributed by atoms with E-state index in [0.717, 1.165) is 12.8 Å². The van der Waals surface area contributed by atoms with E-state index in [-0.39, 0.29) is 11.9 Å². The van der Waals surface area contributed by atoms with Crippen molar-refractivity contribution in [2.75, 3.05) is 0 Å². The second-order valence-electron chi connectivity index (χ2n) is 4.72. The van der Waals surface area contributed by atoms with Crippen molar-refractivity contribution in [2.24, 2.45) is 5.73 Å². The van der Waals surface area contributed by atoms with Gasteiger partial charge in [-0.3, -0.25) is 4.79 Å². The van der Waals surface area contributed by atoms with Crippen LogP contribution in [0.1, 0.15) is 41.1 Å². The zero-order valence-corrected chi connectivity index (χ0v) is 10.8. The van der Waals surface area contributed by atoms with Crippen LogP contribution < -0.4 is 11.1 Å². The second-order valence-corrected chi connectivity index (χ2v) is 6.18. The largest absolute Gasteiger partial charge is 0.348 e. The smallest absolute Gasteiger partial charge is 0.240 e. The van der Waals surface area contributed by atoms with Crippen molar-refractivity contribution in [2.45, 2.75) is 45.2 Å². The number of nitrogens with two attached hydrogens (primary N) is 1. The van der Waals surface area contributed by atoms with E-state index in [1.165, 1.54) is 15.3 Å². The van der Waals surface area contributed by atoms with Gasteiger partial charge in [0.05, 0.1) is 11.6 Å². The van der Waals surface area contributed by atoms with Crippen LogP contribution in [0.5, 0.6) is 0 Å². The van der Waals surface area contributed by atoms with E-state index < -0.39 is 5.54 Å². The molecule has 1 fully saturated rings. The lowest BCUT2D eigenvalue weighted by Crippen LogP contribution is -2.43. The molecule has 0 aliphatic heterocycles.